The molecule has 1 heterocycles. The van der Waals surface area contributed by atoms with Crippen molar-refractivity contribution < 1.29 is 28.7 Å². The van der Waals surface area contributed by atoms with Crippen LogP contribution in [-0.2, 0) is 14.3 Å². The molecule has 0 unspecified atom stereocenters. The molecule has 0 atom stereocenters. The summed E-state index contributed by atoms with van der Waals surface area (Å²) in [5.41, 5.74) is 1.13. The van der Waals surface area contributed by atoms with Gasteiger partial charge < -0.3 is 14.8 Å². The highest BCUT2D eigenvalue weighted by Gasteiger charge is 2.36. The zero-order valence-corrected chi connectivity index (χ0v) is 22.7. The molecule has 3 amide bonds. The number of carbonyl (C=O) groups excluding carboxylic acids is 4. The number of amides is 3. The van der Waals surface area contributed by atoms with Crippen molar-refractivity contribution in [2.45, 2.75) is 19.8 Å². The summed E-state index contributed by atoms with van der Waals surface area (Å²) in [6, 6.07) is 9.74. The molecule has 0 radical (unpaired) electrons. The lowest BCUT2D eigenvalue weighted by Crippen LogP contribution is -2.36. The Balaban J connectivity index is 1.66. The van der Waals surface area contributed by atoms with Crippen LogP contribution in [-0.4, -0.2) is 48.2 Å². The summed E-state index contributed by atoms with van der Waals surface area (Å²) in [6.07, 6.45) is 3.20. The second-order valence-corrected chi connectivity index (χ2v) is 9.96. The summed E-state index contributed by atoms with van der Waals surface area (Å²) >= 11 is 8.98. The van der Waals surface area contributed by atoms with Gasteiger partial charge in [-0.2, -0.15) is 0 Å². The number of thioether (sulfide) groups is 1. The maximum absolute atomic E-state index is 12.8. The number of anilines is 1. The van der Waals surface area contributed by atoms with Gasteiger partial charge in [-0.25, -0.2) is 4.79 Å². The third kappa shape index (κ3) is 6.98. The molecule has 1 saturated heterocycles. The van der Waals surface area contributed by atoms with Crippen LogP contribution >= 0.6 is 46.0 Å². The minimum absolute atomic E-state index is 0.115. The fourth-order valence-corrected chi connectivity index (χ4v) is 4.84. The summed E-state index contributed by atoms with van der Waals surface area (Å²) in [5, 5.41) is 2.23. The van der Waals surface area contributed by atoms with Crippen LogP contribution in [0.4, 0.5) is 10.5 Å². The first-order valence-corrected chi connectivity index (χ1v) is 12.9. The van der Waals surface area contributed by atoms with E-state index in [-0.39, 0.29) is 27.8 Å². The lowest BCUT2D eigenvalue weighted by atomic mass is 10.2. The average molecular weight is 629 g/mol. The van der Waals surface area contributed by atoms with Crippen molar-refractivity contribution in [2.24, 2.45) is 0 Å². The van der Waals surface area contributed by atoms with Crippen LogP contribution in [0, 0.1) is 3.57 Å². The molecule has 1 N–H and O–H groups in total. The molecule has 0 spiro atoms. The Labute approximate surface area is 225 Å². The first-order chi connectivity index (χ1) is 16.7. The Hall–Kier alpha value is -2.57. The zero-order chi connectivity index (χ0) is 25.5. The normalized spacial score (nSPS) is 14.4. The SMILES string of the molecule is CCCCOC(=O)c1cc(NC(=O)CN2C(=O)S/C(=C\c3ccc(OC)c(I)c3)C2=O)ccc1Cl. The third-order valence-electron chi connectivity index (χ3n) is 4.85. The van der Waals surface area contributed by atoms with Crippen molar-refractivity contribution >= 4 is 80.7 Å². The number of nitrogens with zero attached hydrogens (tertiary/aromatic N) is 1. The Kier molecular flexibility index (Phi) is 9.58. The van der Waals surface area contributed by atoms with Crippen molar-refractivity contribution in [2.75, 3.05) is 25.6 Å². The number of imide groups is 1. The van der Waals surface area contributed by atoms with Gasteiger partial charge >= 0.3 is 5.97 Å². The topological polar surface area (TPSA) is 102 Å². The van der Waals surface area contributed by atoms with Crippen LogP contribution < -0.4 is 10.1 Å². The van der Waals surface area contributed by atoms with Gasteiger partial charge in [-0.05, 0) is 82.7 Å². The standard InChI is InChI=1S/C24H22ClIN2O6S/c1-3-4-9-34-23(31)16-12-15(6-7-17(16)25)27-21(29)13-28-22(30)20(35-24(28)32)11-14-5-8-19(33-2)18(26)10-14/h5-8,10-12H,3-4,9,13H2,1-2H3,(H,27,29)/b20-11-. The summed E-state index contributed by atoms with van der Waals surface area (Å²) < 4.78 is 11.3. The van der Waals surface area contributed by atoms with E-state index in [0.717, 1.165) is 38.6 Å². The van der Waals surface area contributed by atoms with E-state index < -0.39 is 29.6 Å². The van der Waals surface area contributed by atoms with Crippen molar-refractivity contribution in [1.82, 2.24) is 4.90 Å². The number of ether oxygens (including phenoxy) is 2. The Morgan fingerprint density at radius 1 is 1.20 bits per heavy atom. The fourth-order valence-electron chi connectivity index (χ4n) is 3.05. The minimum atomic E-state index is -0.597. The molecule has 0 saturated carbocycles. The molecule has 184 valence electrons. The van der Waals surface area contributed by atoms with Gasteiger partial charge in [0, 0.05) is 5.69 Å². The molecule has 3 rings (SSSR count). The summed E-state index contributed by atoms with van der Waals surface area (Å²) in [5.74, 6) is -1.05. The summed E-state index contributed by atoms with van der Waals surface area (Å²) in [7, 11) is 1.57. The van der Waals surface area contributed by atoms with Crippen LogP contribution in [0.15, 0.2) is 41.3 Å². The monoisotopic (exact) mass is 628 g/mol. The van der Waals surface area contributed by atoms with Crippen LogP contribution in [0.3, 0.4) is 0 Å². The van der Waals surface area contributed by atoms with Gasteiger partial charge in [0.15, 0.2) is 0 Å². The van der Waals surface area contributed by atoms with E-state index in [9.17, 15) is 19.2 Å². The Bertz CT molecular complexity index is 1200. The molecular weight excluding hydrogens is 607 g/mol. The van der Waals surface area contributed by atoms with Gasteiger partial charge in [0.05, 0.1) is 32.8 Å². The maximum atomic E-state index is 12.8. The second kappa shape index (κ2) is 12.4. The predicted octanol–water partition coefficient (Wildman–Crippen LogP) is 5.59. The first kappa shape index (κ1) is 27.0. The van der Waals surface area contributed by atoms with E-state index in [1.807, 2.05) is 13.0 Å². The zero-order valence-electron chi connectivity index (χ0n) is 18.9. The van der Waals surface area contributed by atoms with E-state index in [2.05, 4.69) is 27.9 Å². The number of nitrogens with one attached hydrogen (secondary N) is 1. The van der Waals surface area contributed by atoms with E-state index >= 15 is 0 Å². The molecular formula is C24H22ClIN2O6S. The summed E-state index contributed by atoms with van der Waals surface area (Å²) in [4.78, 5) is 51.1. The lowest BCUT2D eigenvalue weighted by Gasteiger charge is -2.13. The van der Waals surface area contributed by atoms with Crippen molar-refractivity contribution in [3.05, 3.63) is 61.0 Å². The Morgan fingerprint density at radius 3 is 2.66 bits per heavy atom. The average Bonchev–Trinajstić information content (AvgIpc) is 3.07. The molecule has 1 fully saturated rings. The third-order valence-corrected chi connectivity index (χ3v) is 6.93. The highest BCUT2D eigenvalue weighted by molar-refractivity contribution is 14.1. The second-order valence-electron chi connectivity index (χ2n) is 7.39. The number of hydrogen-bond acceptors (Lipinski definition) is 7. The van der Waals surface area contributed by atoms with E-state index in [1.165, 1.54) is 18.2 Å². The van der Waals surface area contributed by atoms with Crippen molar-refractivity contribution in [3.63, 3.8) is 0 Å². The molecule has 0 aliphatic carbocycles. The molecule has 35 heavy (non-hydrogen) atoms. The van der Waals surface area contributed by atoms with Crippen LogP contribution in [0.25, 0.3) is 6.08 Å². The molecule has 8 nitrogen and oxygen atoms in total. The maximum Gasteiger partial charge on any atom is 0.339 e. The molecule has 1 aliphatic heterocycles. The molecule has 0 aromatic heterocycles. The van der Waals surface area contributed by atoms with Gasteiger partial charge in [0.1, 0.15) is 12.3 Å². The van der Waals surface area contributed by atoms with Crippen molar-refractivity contribution in [1.29, 1.82) is 0 Å². The van der Waals surface area contributed by atoms with Gasteiger partial charge in [-0.15, -0.1) is 0 Å². The molecule has 11 heteroatoms. The Morgan fingerprint density at radius 2 is 1.97 bits per heavy atom. The van der Waals surface area contributed by atoms with Gasteiger partial charge in [-0.1, -0.05) is 31.0 Å². The van der Waals surface area contributed by atoms with Gasteiger partial charge in [0.2, 0.25) is 5.91 Å². The lowest BCUT2D eigenvalue weighted by molar-refractivity contribution is -0.127. The van der Waals surface area contributed by atoms with E-state index in [4.69, 9.17) is 21.1 Å². The number of halogens is 2. The highest BCUT2D eigenvalue weighted by atomic mass is 127. The number of benzene rings is 2. The number of unbranched alkanes of at least 4 members (excludes halogenated alkanes) is 1. The van der Waals surface area contributed by atoms with E-state index in [1.54, 1.807) is 25.3 Å². The number of rotatable bonds is 9. The number of methoxy groups -OCH3 is 1. The largest absolute Gasteiger partial charge is 0.496 e. The smallest absolute Gasteiger partial charge is 0.339 e. The number of hydrogen-bond donors (Lipinski definition) is 1. The van der Waals surface area contributed by atoms with Crippen LogP contribution in [0.2, 0.25) is 5.02 Å². The predicted molar refractivity (Wildman–Crippen MR) is 144 cm³/mol. The molecule has 1 aliphatic rings. The molecule has 2 aromatic rings. The fraction of sp³-hybridized carbons (Fsp3) is 0.250. The molecule has 2 aromatic carbocycles. The quantitative estimate of drug-likeness (QED) is 0.167. The summed E-state index contributed by atoms with van der Waals surface area (Å²) in [6.45, 7) is 1.77. The number of esters is 1. The van der Waals surface area contributed by atoms with Crippen LogP contribution in [0.5, 0.6) is 5.75 Å². The van der Waals surface area contributed by atoms with Crippen LogP contribution in [0.1, 0.15) is 35.7 Å². The van der Waals surface area contributed by atoms with Gasteiger partial charge in [-0.3, -0.25) is 19.3 Å². The number of carbonyl (C=O) groups is 4. The van der Waals surface area contributed by atoms with E-state index in [0.29, 0.717) is 5.75 Å². The molecule has 0 bridgehead atoms. The van der Waals surface area contributed by atoms with Gasteiger partial charge in [0.25, 0.3) is 11.1 Å². The first-order valence-electron chi connectivity index (χ1n) is 10.6. The van der Waals surface area contributed by atoms with Crippen molar-refractivity contribution in [3.8, 4) is 5.75 Å². The highest BCUT2D eigenvalue weighted by Crippen LogP contribution is 2.33. The minimum Gasteiger partial charge on any atom is -0.496 e.